The Bertz CT molecular complexity index is 637. The molecular formula is C12H11BrN4OS. The highest BCUT2D eigenvalue weighted by atomic mass is 79.9. The normalized spacial score (nSPS) is 16.7. The van der Waals surface area contributed by atoms with E-state index >= 15 is 0 Å². The van der Waals surface area contributed by atoms with Gasteiger partial charge >= 0.3 is 0 Å². The number of rotatable bonds is 1. The summed E-state index contributed by atoms with van der Waals surface area (Å²) in [5, 5.41) is 12.2. The molecule has 2 aromatic rings. The van der Waals surface area contributed by atoms with Crippen LogP contribution in [0.1, 0.15) is 6.92 Å². The molecule has 1 aliphatic heterocycles. The van der Waals surface area contributed by atoms with Crippen LogP contribution in [0, 0.1) is 0 Å². The number of nitrogens with zero attached hydrogens (tertiary/aromatic N) is 3. The third-order valence-electron chi connectivity index (χ3n) is 2.70. The van der Waals surface area contributed by atoms with Crippen LogP contribution in [0.15, 0.2) is 27.8 Å². The fourth-order valence-corrected chi connectivity index (χ4v) is 2.55. The Morgan fingerprint density at radius 2 is 2.21 bits per heavy atom. The number of nitrogens with one attached hydrogen (secondary N) is 1. The molecule has 0 amide bonds. The summed E-state index contributed by atoms with van der Waals surface area (Å²) in [4.78, 5) is 4.38. The van der Waals surface area contributed by atoms with Gasteiger partial charge in [-0.15, -0.1) is 10.2 Å². The first-order valence-corrected chi connectivity index (χ1v) is 7.71. The minimum Gasteiger partial charge on any atom is -0.452 e. The van der Waals surface area contributed by atoms with Crippen LogP contribution < -0.4 is 10.1 Å². The van der Waals surface area contributed by atoms with Crippen LogP contribution >= 0.6 is 27.7 Å². The standard InChI is InChI=1S/C12H11BrN4OS/c1-6-14-9-4-3-7(13)5-8(9)10-11(18-6)15-12(19-2)17-16-10/h3-6,14H,1-2H3/t6-/m0/s1. The summed E-state index contributed by atoms with van der Waals surface area (Å²) in [7, 11) is 0. The van der Waals surface area contributed by atoms with E-state index in [-0.39, 0.29) is 6.23 Å². The van der Waals surface area contributed by atoms with Crippen molar-refractivity contribution in [3.8, 4) is 17.1 Å². The van der Waals surface area contributed by atoms with Crippen molar-refractivity contribution in [1.29, 1.82) is 0 Å². The summed E-state index contributed by atoms with van der Waals surface area (Å²) in [6.07, 6.45) is 1.74. The van der Waals surface area contributed by atoms with Crippen molar-refractivity contribution < 1.29 is 4.74 Å². The van der Waals surface area contributed by atoms with E-state index < -0.39 is 0 Å². The Morgan fingerprint density at radius 3 is 3.00 bits per heavy atom. The maximum absolute atomic E-state index is 5.77. The minimum absolute atomic E-state index is 0.174. The van der Waals surface area contributed by atoms with Crippen molar-refractivity contribution >= 4 is 33.4 Å². The second kappa shape index (κ2) is 4.97. The Kier molecular flexibility index (Phi) is 3.32. The highest BCUT2D eigenvalue weighted by Crippen LogP contribution is 2.37. The molecule has 98 valence electrons. The van der Waals surface area contributed by atoms with Gasteiger partial charge in [-0.1, -0.05) is 27.7 Å². The molecule has 1 aliphatic rings. The molecule has 2 heterocycles. The van der Waals surface area contributed by atoms with Crippen molar-refractivity contribution in [2.45, 2.75) is 18.3 Å². The summed E-state index contributed by atoms with van der Waals surface area (Å²) in [6.45, 7) is 1.93. The number of benzene rings is 1. The monoisotopic (exact) mass is 338 g/mol. The molecule has 3 rings (SSSR count). The zero-order valence-electron chi connectivity index (χ0n) is 10.3. The number of aromatic nitrogens is 3. The van der Waals surface area contributed by atoms with E-state index in [1.807, 2.05) is 31.4 Å². The van der Waals surface area contributed by atoms with E-state index in [4.69, 9.17) is 4.74 Å². The predicted octanol–water partition coefficient (Wildman–Crippen LogP) is 3.17. The third-order valence-corrected chi connectivity index (χ3v) is 3.73. The zero-order valence-corrected chi connectivity index (χ0v) is 12.7. The summed E-state index contributed by atoms with van der Waals surface area (Å²) >= 11 is 4.91. The Labute approximate surface area is 123 Å². The molecule has 19 heavy (non-hydrogen) atoms. The molecule has 7 heteroatoms. The minimum atomic E-state index is -0.174. The fraction of sp³-hybridized carbons (Fsp3) is 0.250. The summed E-state index contributed by atoms with van der Waals surface area (Å²) in [6, 6.07) is 5.94. The van der Waals surface area contributed by atoms with Gasteiger partial charge in [-0.05, 0) is 31.4 Å². The zero-order chi connectivity index (χ0) is 13.4. The Hall–Kier alpha value is -1.34. The number of halogens is 1. The van der Waals surface area contributed by atoms with Gasteiger partial charge in [-0.3, -0.25) is 0 Å². The van der Waals surface area contributed by atoms with E-state index in [2.05, 4.69) is 36.4 Å². The first-order chi connectivity index (χ1) is 9.17. The number of thioether (sulfide) groups is 1. The highest BCUT2D eigenvalue weighted by molar-refractivity contribution is 9.10. The second-order valence-corrected chi connectivity index (χ2v) is 5.74. The first kappa shape index (κ1) is 12.7. The van der Waals surface area contributed by atoms with E-state index in [0.29, 0.717) is 16.7 Å². The van der Waals surface area contributed by atoms with Gasteiger partial charge in [-0.2, -0.15) is 4.98 Å². The maximum atomic E-state index is 5.77. The Balaban J connectivity index is 2.22. The molecule has 0 saturated heterocycles. The van der Waals surface area contributed by atoms with Crippen LogP contribution in [0.3, 0.4) is 0 Å². The van der Waals surface area contributed by atoms with Gasteiger partial charge in [0.15, 0.2) is 11.9 Å². The van der Waals surface area contributed by atoms with E-state index in [1.54, 1.807) is 0 Å². The molecule has 0 saturated carbocycles. The van der Waals surface area contributed by atoms with Gasteiger partial charge in [0.2, 0.25) is 11.0 Å². The van der Waals surface area contributed by atoms with Gasteiger partial charge < -0.3 is 10.1 Å². The molecule has 1 N–H and O–H groups in total. The number of hydrogen-bond donors (Lipinski definition) is 1. The molecular weight excluding hydrogens is 328 g/mol. The molecule has 0 radical (unpaired) electrons. The molecule has 1 aromatic heterocycles. The quantitative estimate of drug-likeness (QED) is 0.806. The number of hydrogen-bond acceptors (Lipinski definition) is 6. The lowest BCUT2D eigenvalue weighted by molar-refractivity contribution is 0.240. The lowest BCUT2D eigenvalue weighted by atomic mass is 10.1. The molecule has 1 aromatic carbocycles. The van der Waals surface area contributed by atoms with Crippen LogP contribution in [-0.4, -0.2) is 27.7 Å². The number of anilines is 1. The lowest BCUT2D eigenvalue weighted by Crippen LogP contribution is -2.21. The van der Waals surface area contributed by atoms with Gasteiger partial charge in [0.1, 0.15) is 0 Å². The summed E-state index contributed by atoms with van der Waals surface area (Å²) in [5.41, 5.74) is 2.55. The fourth-order valence-electron chi connectivity index (χ4n) is 1.89. The maximum Gasteiger partial charge on any atom is 0.247 e. The molecule has 0 bridgehead atoms. The first-order valence-electron chi connectivity index (χ1n) is 5.69. The topological polar surface area (TPSA) is 59.9 Å². The van der Waals surface area contributed by atoms with Crippen molar-refractivity contribution in [3.05, 3.63) is 22.7 Å². The smallest absolute Gasteiger partial charge is 0.247 e. The van der Waals surface area contributed by atoms with Gasteiger partial charge in [-0.25, -0.2) is 0 Å². The third kappa shape index (κ3) is 2.40. The van der Waals surface area contributed by atoms with Crippen LogP contribution in [0.25, 0.3) is 11.3 Å². The molecule has 1 atom stereocenters. The van der Waals surface area contributed by atoms with Crippen molar-refractivity contribution in [3.63, 3.8) is 0 Å². The lowest BCUT2D eigenvalue weighted by Gasteiger charge is -2.13. The number of fused-ring (bicyclic) bond motifs is 3. The predicted molar refractivity (Wildman–Crippen MR) is 78.5 cm³/mol. The average Bonchev–Trinajstić information content (AvgIpc) is 2.53. The van der Waals surface area contributed by atoms with Crippen LogP contribution in [-0.2, 0) is 0 Å². The van der Waals surface area contributed by atoms with Gasteiger partial charge in [0, 0.05) is 15.7 Å². The van der Waals surface area contributed by atoms with Crippen LogP contribution in [0.2, 0.25) is 0 Å². The highest BCUT2D eigenvalue weighted by Gasteiger charge is 2.22. The van der Waals surface area contributed by atoms with Crippen LogP contribution in [0.4, 0.5) is 5.69 Å². The second-order valence-electron chi connectivity index (χ2n) is 4.05. The van der Waals surface area contributed by atoms with E-state index in [0.717, 1.165) is 15.7 Å². The molecule has 5 nitrogen and oxygen atoms in total. The molecule has 0 aliphatic carbocycles. The van der Waals surface area contributed by atoms with Crippen LogP contribution in [0.5, 0.6) is 5.88 Å². The van der Waals surface area contributed by atoms with Crippen molar-refractivity contribution in [2.75, 3.05) is 11.6 Å². The molecule has 0 fully saturated rings. The van der Waals surface area contributed by atoms with Gasteiger partial charge in [0.05, 0.1) is 0 Å². The van der Waals surface area contributed by atoms with E-state index in [9.17, 15) is 0 Å². The van der Waals surface area contributed by atoms with Gasteiger partial charge in [0.25, 0.3) is 0 Å². The largest absolute Gasteiger partial charge is 0.452 e. The van der Waals surface area contributed by atoms with E-state index in [1.165, 1.54) is 11.8 Å². The van der Waals surface area contributed by atoms with Crippen molar-refractivity contribution in [1.82, 2.24) is 15.2 Å². The SMILES string of the molecule is CSc1nnc2c(n1)O[C@@H](C)Nc1ccc(Br)cc1-2. The molecule has 0 spiro atoms. The Morgan fingerprint density at radius 1 is 1.37 bits per heavy atom. The summed E-state index contributed by atoms with van der Waals surface area (Å²) < 4.78 is 6.74. The van der Waals surface area contributed by atoms with Crippen molar-refractivity contribution in [2.24, 2.45) is 0 Å². The molecule has 0 unspecified atom stereocenters. The summed E-state index contributed by atoms with van der Waals surface area (Å²) in [5.74, 6) is 0.510. The number of ether oxygens (including phenoxy) is 1. The average molecular weight is 339 g/mol.